The molecule has 0 fully saturated rings. The molecule has 4 aromatic rings. The van der Waals surface area contributed by atoms with Gasteiger partial charge in [0, 0.05) is 17.8 Å². The number of hydrogen-bond donors (Lipinski definition) is 1. The van der Waals surface area contributed by atoms with Gasteiger partial charge in [-0.2, -0.15) is 0 Å². The van der Waals surface area contributed by atoms with E-state index in [4.69, 9.17) is 4.74 Å². The summed E-state index contributed by atoms with van der Waals surface area (Å²) in [5.74, 6) is -0.131. The Morgan fingerprint density at radius 1 is 1.00 bits per heavy atom. The molecule has 0 aliphatic rings. The van der Waals surface area contributed by atoms with Gasteiger partial charge in [0.2, 0.25) is 0 Å². The van der Waals surface area contributed by atoms with Gasteiger partial charge in [0.1, 0.15) is 12.1 Å². The molecule has 0 saturated carbocycles. The van der Waals surface area contributed by atoms with E-state index in [1.54, 1.807) is 48.5 Å². The van der Waals surface area contributed by atoms with Gasteiger partial charge in [-0.25, -0.2) is 4.98 Å². The lowest BCUT2D eigenvalue weighted by Crippen LogP contribution is -2.12. The standard InChI is InChI=1S/C21H15N5O6/c1-32-15-8-6-14(7-9-15)23-20-18(25(28)29)10-13(11-19(20)26(30)31)21(27)24-12-22-16-4-2-3-5-17(16)24/h2-12,23H,1H3. The predicted molar refractivity (Wildman–Crippen MR) is 115 cm³/mol. The summed E-state index contributed by atoms with van der Waals surface area (Å²) in [6, 6.07) is 15.1. The van der Waals surface area contributed by atoms with Gasteiger partial charge in [-0.15, -0.1) is 0 Å². The van der Waals surface area contributed by atoms with Gasteiger partial charge in [-0.05, 0) is 36.4 Å². The Bertz CT molecular complexity index is 1330. The first-order chi connectivity index (χ1) is 15.4. The summed E-state index contributed by atoms with van der Waals surface area (Å²) in [7, 11) is 1.48. The predicted octanol–water partition coefficient (Wildman–Crippen LogP) is 4.29. The van der Waals surface area contributed by atoms with Gasteiger partial charge in [0.15, 0.2) is 5.69 Å². The van der Waals surface area contributed by atoms with E-state index in [0.29, 0.717) is 22.5 Å². The number of carbonyl (C=O) groups is 1. The highest BCUT2D eigenvalue weighted by atomic mass is 16.6. The second-order valence-corrected chi connectivity index (χ2v) is 6.67. The number of ether oxygens (including phenoxy) is 1. The Morgan fingerprint density at radius 2 is 1.62 bits per heavy atom. The molecule has 1 N–H and O–H groups in total. The highest BCUT2D eigenvalue weighted by Crippen LogP contribution is 2.38. The molecule has 3 aromatic carbocycles. The van der Waals surface area contributed by atoms with Crippen LogP contribution in [0.15, 0.2) is 67.0 Å². The van der Waals surface area contributed by atoms with Crippen molar-refractivity contribution in [1.29, 1.82) is 0 Å². The number of imidazole rings is 1. The number of nitro groups is 2. The van der Waals surface area contributed by atoms with Crippen molar-refractivity contribution in [3.8, 4) is 5.75 Å². The van der Waals surface area contributed by atoms with Crippen molar-refractivity contribution in [2.45, 2.75) is 0 Å². The van der Waals surface area contributed by atoms with E-state index < -0.39 is 27.1 Å². The molecule has 0 amide bonds. The van der Waals surface area contributed by atoms with Gasteiger partial charge in [-0.3, -0.25) is 29.6 Å². The summed E-state index contributed by atoms with van der Waals surface area (Å²) in [6.45, 7) is 0. The first kappa shape index (κ1) is 20.5. The van der Waals surface area contributed by atoms with Crippen LogP contribution in [0.1, 0.15) is 10.4 Å². The van der Waals surface area contributed by atoms with Crippen molar-refractivity contribution in [1.82, 2.24) is 9.55 Å². The molecule has 0 saturated heterocycles. The van der Waals surface area contributed by atoms with E-state index in [1.807, 2.05) is 0 Å². The van der Waals surface area contributed by atoms with Crippen molar-refractivity contribution >= 4 is 39.7 Å². The zero-order valence-electron chi connectivity index (χ0n) is 16.6. The summed E-state index contributed by atoms with van der Waals surface area (Å²) in [6.07, 6.45) is 1.27. The third-order valence-electron chi connectivity index (χ3n) is 4.77. The minimum Gasteiger partial charge on any atom is -0.497 e. The minimum absolute atomic E-state index is 0.216. The van der Waals surface area contributed by atoms with E-state index in [0.717, 1.165) is 12.1 Å². The molecular formula is C21H15N5O6. The number of nitrogens with zero attached hydrogens (tertiary/aromatic N) is 4. The zero-order valence-corrected chi connectivity index (χ0v) is 16.6. The Balaban J connectivity index is 1.82. The maximum Gasteiger partial charge on any atom is 0.300 e. The fourth-order valence-electron chi connectivity index (χ4n) is 3.23. The third-order valence-corrected chi connectivity index (χ3v) is 4.77. The van der Waals surface area contributed by atoms with Crippen LogP contribution in [0.5, 0.6) is 5.75 Å². The molecule has 32 heavy (non-hydrogen) atoms. The zero-order chi connectivity index (χ0) is 22.8. The molecule has 160 valence electrons. The van der Waals surface area contributed by atoms with Crippen molar-refractivity contribution in [2.24, 2.45) is 0 Å². The van der Waals surface area contributed by atoms with Crippen molar-refractivity contribution < 1.29 is 19.4 Å². The molecule has 0 unspecified atom stereocenters. The monoisotopic (exact) mass is 433 g/mol. The lowest BCUT2D eigenvalue weighted by atomic mass is 10.1. The molecule has 11 nitrogen and oxygen atoms in total. The van der Waals surface area contributed by atoms with Crippen LogP contribution in [0.3, 0.4) is 0 Å². The Morgan fingerprint density at radius 3 is 2.22 bits per heavy atom. The lowest BCUT2D eigenvalue weighted by Gasteiger charge is -2.10. The number of para-hydroxylation sites is 2. The van der Waals surface area contributed by atoms with Gasteiger partial charge in [-0.1, -0.05) is 12.1 Å². The maximum atomic E-state index is 13.1. The minimum atomic E-state index is -0.776. The molecule has 1 heterocycles. The molecule has 0 atom stereocenters. The first-order valence-corrected chi connectivity index (χ1v) is 9.23. The second kappa shape index (κ2) is 8.14. The van der Waals surface area contributed by atoms with Gasteiger partial charge in [0.25, 0.3) is 5.91 Å². The SMILES string of the molecule is COc1ccc(Nc2c([N+](=O)[O-])cc(C(=O)n3cnc4ccccc43)cc2[N+](=O)[O-])cc1. The van der Waals surface area contributed by atoms with E-state index in [2.05, 4.69) is 10.3 Å². The average molecular weight is 433 g/mol. The molecule has 0 aliphatic carbocycles. The molecule has 4 rings (SSSR count). The van der Waals surface area contributed by atoms with E-state index in [9.17, 15) is 25.0 Å². The van der Waals surface area contributed by atoms with E-state index >= 15 is 0 Å². The fraction of sp³-hybridized carbons (Fsp3) is 0.0476. The van der Waals surface area contributed by atoms with Crippen LogP contribution in [0, 0.1) is 20.2 Å². The van der Waals surface area contributed by atoms with Gasteiger partial charge in [0.05, 0.1) is 33.6 Å². The van der Waals surface area contributed by atoms with Crippen LogP contribution in [-0.4, -0.2) is 32.4 Å². The normalized spacial score (nSPS) is 10.7. The molecule has 11 heteroatoms. The number of methoxy groups -OCH3 is 1. The number of nitro benzene ring substituents is 2. The van der Waals surface area contributed by atoms with Crippen LogP contribution < -0.4 is 10.1 Å². The van der Waals surface area contributed by atoms with Crippen molar-refractivity contribution in [2.75, 3.05) is 12.4 Å². The number of aromatic nitrogens is 2. The summed E-state index contributed by atoms with van der Waals surface area (Å²) in [5.41, 5.74) is -0.378. The number of rotatable bonds is 6. The van der Waals surface area contributed by atoms with Gasteiger partial charge >= 0.3 is 11.4 Å². The van der Waals surface area contributed by atoms with E-state index in [1.165, 1.54) is 18.0 Å². The number of fused-ring (bicyclic) bond motifs is 1. The van der Waals surface area contributed by atoms with E-state index in [-0.39, 0.29) is 11.3 Å². The highest BCUT2D eigenvalue weighted by Gasteiger charge is 2.29. The number of hydrogen-bond acceptors (Lipinski definition) is 8. The molecule has 0 aliphatic heterocycles. The van der Waals surface area contributed by atoms with Crippen molar-refractivity contribution in [3.63, 3.8) is 0 Å². The number of anilines is 2. The summed E-state index contributed by atoms with van der Waals surface area (Å²) >= 11 is 0. The Kier molecular flexibility index (Phi) is 5.21. The molecule has 0 radical (unpaired) electrons. The van der Waals surface area contributed by atoms with Gasteiger partial charge < -0.3 is 10.1 Å². The van der Waals surface area contributed by atoms with Crippen LogP contribution >= 0.6 is 0 Å². The number of nitrogens with one attached hydrogen (secondary N) is 1. The van der Waals surface area contributed by atoms with Crippen LogP contribution in [0.4, 0.5) is 22.7 Å². The average Bonchev–Trinajstić information content (AvgIpc) is 3.23. The van der Waals surface area contributed by atoms with Crippen molar-refractivity contribution in [3.05, 3.63) is 92.8 Å². The summed E-state index contributed by atoms with van der Waals surface area (Å²) in [4.78, 5) is 39.1. The quantitative estimate of drug-likeness (QED) is 0.350. The van der Waals surface area contributed by atoms with Crippen LogP contribution in [-0.2, 0) is 0 Å². The Hall–Kier alpha value is -4.80. The fourth-order valence-corrected chi connectivity index (χ4v) is 3.23. The maximum absolute atomic E-state index is 13.1. The topological polar surface area (TPSA) is 142 Å². The first-order valence-electron chi connectivity index (χ1n) is 9.23. The smallest absolute Gasteiger partial charge is 0.300 e. The largest absolute Gasteiger partial charge is 0.497 e. The number of benzene rings is 3. The molecular weight excluding hydrogens is 418 g/mol. The van der Waals surface area contributed by atoms with Crippen LogP contribution in [0.25, 0.3) is 11.0 Å². The third kappa shape index (κ3) is 3.69. The summed E-state index contributed by atoms with van der Waals surface area (Å²) in [5, 5.41) is 26.2. The lowest BCUT2D eigenvalue weighted by molar-refractivity contribution is -0.392. The molecule has 0 spiro atoms. The number of carbonyl (C=O) groups excluding carboxylic acids is 1. The molecule has 0 bridgehead atoms. The Labute approximate surface area is 180 Å². The molecule has 1 aromatic heterocycles. The highest BCUT2D eigenvalue weighted by molar-refractivity contribution is 6.03. The second-order valence-electron chi connectivity index (χ2n) is 6.67. The van der Waals surface area contributed by atoms with Crippen LogP contribution in [0.2, 0.25) is 0 Å². The summed E-state index contributed by atoms with van der Waals surface area (Å²) < 4.78 is 6.25.